The van der Waals surface area contributed by atoms with Gasteiger partial charge in [0.05, 0.1) is 0 Å². The van der Waals surface area contributed by atoms with E-state index < -0.39 is 0 Å². The number of hydrogen-bond donors (Lipinski definition) is 0. The largest absolute Gasteiger partial charge is 0.375 e. The molecule has 5 heteroatoms. The van der Waals surface area contributed by atoms with E-state index in [9.17, 15) is 9.59 Å². The maximum atomic E-state index is 12.0. The van der Waals surface area contributed by atoms with Crippen molar-refractivity contribution >= 4 is 17.5 Å². The van der Waals surface area contributed by atoms with Crippen LogP contribution in [0.5, 0.6) is 0 Å². The van der Waals surface area contributed by atoms with Gasteiger partial charge in [-0.2, -0.15) is 0 Å². The minimum absolute atomic E-state index is 0.0170. The second kappa shape index (κ2) is 5.96. The Hall–Kier alpha value is -1.88. The van der Waals surface area contributed by atoms with Crippen molar-refractivity contribution in [1.82, 2.24) is 4.90 Å². The zero-order valence-corrected chi connectivity index (χ0v) is 14.1. The Kier molecular flexibility index (Phi) is 4.15. The van der Waals surface area contributed by atoms with E-state index in [4.69, 9.17) is 4.74 Å². The van der Waals surface area contributed by atoms with E-state index in [0.29, 0.717) is 0 Å². The van der Waals surface area contributed by atoms with E-state index in [1.807, 2.05) is 9.80 Å². The Morgan fingerprint density at radius 2 is 1.96 bits per heavy atom. The minimum atomic E-state index is -0.0170. The number of carbonyl (C=O) groups excluding carboxylic acids is 2. The van der Waals surface area contributed by atoms with Crippen LogP contribution in [0, 0.1) is 6.92 Å². The highest BCUT2D eigenvalue weighted by Gasteiger charge is 2.46. The van der Waals surface area contributed by atoms with Crippen LogP contribution in [0.4, 0.5) is 5.69 Å². The molecule has 124 valence electrons. The van der Waals surface area contributed by atoms with Crippen LogP contribution in [0.1, 0.15) is 30.9 Å². The standard InChI is InChI=1S/C18H24N2O3/c1-13-4-5-16-15(10-13)18(12-20(16)14(2)21)6-8-19(9-7-18)17(22)11-23-3/h4-5,10H,6-9,11-12H2,1-3H3. The molecule has 2 aliphatic rings. The van der Waals surface area contributed by atoms with Gasteiger partial charge in [-0.25, -0.2) is 0 Å². The van der Waals surface area contributed by atoms with Crippen LogP contribution in [0.3, 0.4) is 0 Å². The minimum Gasteiger partial charge on any atom is -0.375 e. The maximum Gasteiger partial charge on any atom is 0.248 e. The highest BCUT2D eigenvalue weighted by atomic mass is 16.5. The Balaban J connectivity index is 1.86. The van der Waals surface area contributed by atoms with Gasteiger partial charge >= 0.3 is 0 Å². The third-order valence-electron chi connectivity index (χ3n) is 5.20. The highest BCUT2D eigenvalue weighted by molar-refractivity contribution is 5.95. The predicted octanol–water partition coefficient (Wildman–Crippen LogP) is 1.87. The van der Waals surface area contributed by atoms with Crippen LogP contribution < -0.4 is 4.90 Å². The summed E-state index contributed by atoms with van der Waals surface area (Å²) in [6.07, 6.45) is 1.78. The summed E-state index contributed by atoms with van der Waals surface area (Å²) in [6, 6.07) is 6.33. The molecule has 0 radical (unpaired) electrons. The fraction of sp³-hybridized carbons (Fsp3) is 0.556. The average molecular weight is 316 g/mol. The smallest absolute Gasteiger partial charge is 0.248 e. The monoisotopic (exact) mass is 316 g/mol. The van der Waals surface area contributed by atoms with Crippen molar-refractivity contribution in [1.29, 1.82) is 0 Å². The number of aryl methyl sites for hydroxylation is 1. The number of ether oxygens (including phenoxy) is 1. The van der Waals surface area contributed by atoms with Gasteiger partial charge in [-0.15, -0.1) is 0 Å². The molecule has 23 heavy (non-hydrogen) atoms. The summed E-state index contributed by atoms with van der Waals surface area (Å²) in [6.45, 7) is 6.03. The van der Waals surface area contributed by atoms with Crippen molar-refractivity contribution < 1.29 is 14.3 Å². The third-order valence-corrected chi connectivity index (χ3v) is 5.20. The summed E-state index contributed by atoms with van der Waals surface area (Å²) in [5.74, 6) is 0.137. The molecule has 2 aliphatic heterocycles. The molecule has 0 aromatic heterocycles. The molecule has 1 aromatic carbocycles. The first-order chi connectivity index (χ1) is 11.0. The van der Waals surface area contributed by atoms with Crippen molar-refractivity contribution in [3.63, 3.8) is 0 Å². The van der Waals surface area contributed by atoms with Gasteiger partial charge in [-0.1, -0.05) is 17.7 Å². The molecule has 1 fully saturated rings. The van der Waals surface area contributed by atoms with Gasteiger partial charge in [0.1, 0.15) is 6.61 Å². The first kappa shape index (κ1) is 16.0. The maximum absolute atomic E-state index is 12.0. The Morgan fingerprint density at radius 1 is 1.26 bits per heavy atom. The normalized spacial score (nSPS) is 19.1. The number of amides is 2. The number of benzene rings is 1. The molecular formula is C18H24N2O3. The molecule has 0 unspecified atom stereocenters. The van der Waals surface area contributed by atoms with Gasteiger partial charge in [0.2, 0.25) is 11.8 Å². The van der Waals surface area contributed by atoms with Crippen LogP contribution in [0.25, 0.3) is 0 Å². The number of methoxy groups -OCH3 is 1. The number of anilines is 1. The average Bonchev–Trinajstić information content (AvgIpc) is 2.83. The predicted molar refractivity (Wildman–Crippen MR) is 88.6 cm³/mol. The summed E-state index contributed by atoms with van der Waals surface area (Å²) in [5, 5.41) is 0. The Morgan fingerprint density at radius 3 is 2.57 bits per heavy atom. The van der Waals surface area contributed by atoms with Crippen LogP contribution in [0.2, 0.25) is 0 Å². The van der Waals surface area contributed by atoms with E-state index in [1.165, 1.54) is 11.1 Å². The molecule has 0 atom stereocenters. The van der Waals surface area contributed by atoms with Gasteiger partial charge in [-0.3, -0.25) is 9.59 Å². The van der Waals surface area contributed by atoms with Gasteiger partial charge in [0, 0.05) is 44.8 Å². The number of likely N-dealkylation sites (tertiary alicyclic amines) is 1. The van der Waals surface area contributed by atoms with Crippen molar-refractivity contribution in [2.75, 3.05) is 38.3 Å². The quantitative estimate of drug-likeness (QED) is 0.837. The number of rotatable bonds is 2. The second-order valence-electron chi connectivity index (χ2n) is 6.72. The first-order valence-corrected chi connectivity index (χ1v) is 8.13. The summed E-state index contributed by atoms with van der Waals surface area (Å²) in [5.41, 5.74) is 3.51. The molecule has 5 nitrogen and oxygen atoms in total. The van der Waals surface area contributed by atoms with Crippen LogP contribution >= 0.6 is 0 Å². The molecule has 3 rings (SSSR count). The lowest BCUT2D eigenvalue weighted by Gasteiger charge is -2.39. The van der Waals surface area contributed by atoms with E-state index in [1.54, 1.807) is 14.0 Å². The van der Waals surface area contributed by atoms with Crippen molar-refractivity contribution in [3.05, 3.63) is 29.3 Å². The molecule has 1 saturated heterocycles. The summed E-state index contributed by atoms with van der Waals surface area (Å²) in [4.78, 5) is 27.8. The van der Waals surface area contributed by atoms with E-state index >= 15 is 0 Å². The Bertz CT molecular complexity index is 633. The number of nitrogens with zero attached hydrogens (tertiary/aromatic N) is 2. The molecule has 0 N–H and O–H groups in total. The third kappa shape index (κ3) is 2.74. The Labute approximate surface area is 137 Å². The number of carbonyl (C=O) groups is 2. The molecule has 0 bridgehead atoms. The van der Waals surface area contributed by atoms with Gasteiger partial charge in [0.15, 0.2) is 0 Å². The van der Waals surface area contributed by atoms with E-state index in [-0.39, 0.29) is 23.8 Å². The molecule has 1 spiro atoms. The fourth-order valence-corrected chi connectivity index (χ4v) is 3.89. The second-order valence-corrected chi connectivity index (χ2v) is 6.72. The first-order valence-electron chi connectivity index (χ1n) is 8.13. The van der Waals surface area contributed by atoms with E-state index in [2.05, 4.69) is 25.1 Å². The van der Waals surface area contributed by atoms with Crippen molar-refractivity contribution in [2.24, 2.45) is 0 Å². The number of hydrogen-bond acceptors (Lipinski definition) is 3. The van der Waals surface area contributed by atoms with E-state index in [0.717, 1.165) is 38.2 Å². The van der Waals surface area contributed by atoms with Gasteiger partial charge in [0.25, 0.3) is 0 Å². The molecule has 0 aliphatic carbocycles. The summed E-state index contributed by atoms with van der Waals surface area (Å²) >= 11 is 0. The van der Waals surface area contributed by atoms with Crippen LogP contribution in [-0.4, -0.2) is 50.1 Å². The molecule has 0 saturated carbocycles. The zero-order valence-electron chi connectivity index (χ0n) is 14.1. The summed E-state index contributed by atoms with van der Waals surface area (Å²) < 4.78 is 4.95. The zero-order chi connectivity index (χ0) is 16.6. The fourth-order valence-electron chi connectivity index (χ4n) is 3.89. The number of piperidine rings is 1. The lowest BCUT2D eigenvalue weighted by atomic mass is 9.74. The molecular weight excluding hydrogens is 292 g/mol. The van der Waals surface area contributed by atoms with Crippen LogP contribution in [0.15, 0.2) is 18.2 Å². The molecule has 1 aromatic rings. The van der Waals surface area contributed by atoms with Gasteiger partial charge < -0.3 is 14.5 Å². The lowest BCUT2D eigenvalue weighted by molar-refractivity contribution is -0.136. The highest BCUT2D eigenvalue weighted by Crippen LogP contribution is 2.47. The lowest BCUT2D eigenvalue weighted by Crippen LogP contribution is -2.48. The molecule has 2 heterocycles. The SMILES string of the molecule is COCC(=O)N1CCC2(CC1)CN(C(C)=O)c1ccc(C)cc12. The number of fused-ring (bicyclic) bond motifs is 2. The van der Waals surface area contributed by atoms with Crippen molar-refractivity contribution in [2.45, 2.75) is 32.1 Å². The topological polar surface area (TPSA) is 49.9 Å². The summed E-state index contributed by atoms with van der Waals surface area (Å²) in [7, 11) is 1.55. The molecule has 2 amide bonds. The van der Waals surface area contributed by atoms with Crippen molar-refractivity contribution in [3.8, 4) is 0 Å². The van der Waals surface area contributed by atoms with Gasteiger partial charge in [-0.05, 0) is 31.4 Å². The van der Waals surface area contributed by atoms with Crippen LogP contribution in [-0.2, 0) is 19.7 Å².